The molecule has 224 valence electrons. The van der Waals surface area contributed by atoms with E-state index in [2.05, 4.69) is 107 Å². The molecule has 1 aromatic heterocycles. The minimum Gasteiger partial charge on any atom is -0.493 e. The summed E-state index contributed by atoms with van der Waals surface area (Å²) in [4.78, 5) is 7.89. The molecule has 0 spiro atoms. The number of unbranched alkanes of at least 4 members (excludes halogenated alkanes) is 1. The summed E-state index contributed by atoms with van der Waals surface area (Å²) >= 11 is 0. The number of nitrogens with zero attached hydrogens (tertiary/aromatic N) is 3. The SMILES string of the molecule is CCCCn1c(-c2ccccc2)nc(-c2ccccc2)c1CN(Cc1ccc2c(c1)CCO2)Cc1ccc2c(c1)OCCO2. The van der Waals surface area contributed by atoms with Gasteiger partial charge in [0.05, 0.1) is 18.0 Å². The van der Waals surface area contributed by atoms with E-state index in [4.69, 9.17) is 19.2 Å². The van der Waals surface area contributed by atoms with Gasteiger partial charge in [0.25, 0.3) is 0 Å². The summed E-state index contributed by atoms with van der Waals surface area (Å²) in [5.74, 6) is 3.69. The number of hydrogen-bond donors (Lipinski definition) is 0. The highest BCUT2D eigenvalue weighted by atomic mass is 16.6. The van der Waals surface area contributed by atoms with Crippen molar-refractivity contribution in [2.75, 3.05) is 19.8 Å². The average Bonchev–Trinajstić information content (AvgIpc) is 3.69. The van der Waals surface area contributed by atoms with Crippen LogP contribution in [0, 0.1) is 0 Å². The maximum Gasteiger partial charge on any atom is 0.161 e. The van der Waals surface area contributed by atoms with Crippen LogP contribution in [0.1, 0.15) is 42.1 Å². The van der Waals surface area contributed by atoms with E-state index in [1.165, 1.54) is 22.4 Å². The van der Waals surface area contributed by atoms with Gasteiger partial charge in [0.15, 0.2) is 11.5 Å². The second-order valence-electron chi connectivity index (χ2n) is 11.6. The Labute approximate surface area is 259 Å². The van der Waals surface area contributed by atoms with Crippen molar-refractivity contribution in [1.82, 2.24) is 14.5 Å². The number of hydrogen-bond acceptors (Lipinski definition) is 5. The first-order valence-electron chi connectivity index (χ1n) is 15.8. The Morgan fingerprint density at radius 3 is 2.09 bits per heavy atom. The van der Waals surface area contributed by atoms with Gasteiger partial charge in [-0.1, -0.05) is 92.2 Å². The molecule has 0 N–H and O–H groups in total. The quantitative estimate of drug-likeness (QED) is 0.158. The molecule has 0 atom stereocenters. The van der Waals surface area contributed by atoms with Gasteiger partial charge in [-0.15, -0.1) is 0 Å². The van der Waals surface area contributed by atoms with Gasteiger partial charge >= 0.3 is 0 Å². The van der Waals surface area contributed by atoms with E-state index in [1.807, 2.05) is 6.07 Å². The first-order chi connectivity index (χ1) is 21.7. The average molecular weight is 586 g/mol. The predicted molar refractivity (Wildman–Crippen MR) is 174 cm³/mol. The monoisotopic (exact) mass is 585 g/mol. The second kappa shape index (κ2) is 13.0. The lowest BCUT2D eigenvalue weighted by Crippen LogP contribution is -2.25. The van der Waals surface area contributed by atoms with Gasteiger partial charge in [-0.2, -0.15) is 0 Å². The highest BCUT2D eigenvalue weighted by molar-refractivity contribution is 5.68. The molecular formula is C38H39N3O3. The highest BCUT2D eigenvalue weighted by Crippen LogP contribution is 2.34. The Hall–Kier alpha value is -4.55. The van der Waals surface area contributed by atoms with Crippen LogP contribution in [0.15, 0.2) is 97.1 Å². The number of rotatable bonds is 11. The van der Waals surface area contributed by atoms with Crippen molar-refractivity contribution in [3.8, 4) is 39.9 Å². The zero-order valence-electron chi connectivity index (χ0n) is 25.4. The molecule has 0 saturated heterocycles. The van der Waals surface area contributed by atoms with Crippen molar-refractivity contribution in [3.05, 3.63) is 119 Å². The maximum atomic E-state index is 5.95. The Bertz CT molecular complexity index is 1710. The molecular weight excluding hydrogens is 546 g/mol. The summed E-state index contributed by atoms with van der Waals surface area (Å²) in [6.07, 6.45) is 3.17. The van der Waals surface area contributed by atoms with Crippen molar-refractivity contribution in [2.45, 2.75) is 52.4 Å². The Kier molecular flexibility index (Phi) is 8.33. The molecule has 0 amide bonds. The lowest BCUT2D eigenvalue weighted by molar-refractivity contribution is 0.170. The van der Waals surface area contributed by atoms with E-state index < -0.39 is 0 Å². The van der Waals surface area contributed by atoms with Crippen LogP contribution >= 0.6 is 0 Å². The van der Waals surface area contributed by atoms with E-state index in [0.29, 0.717) is 13.2 Å². The third kappa shape index (κ3) is 6.08. The highest BCUT2D eigenvalue weighted by Gasteiger charge is 2.23. The molecule has 7 rings (SSSR count). The lowest BCUT2D eigenvalue weighted by atomic mass is 10.1. The molecule has 4 aromatic carbocycles. The van der Waals surface area contributed by atoms with Crippen LogP contribution in [0.25, 0.3) is 22.6 Å². The van der Waals surface area contributed by atoms with Crippen LogP contribution in [0.4, 0.5) is 0 Å². The number of benzene rings is 4. The van der Waals surface area contributed by atoms with Crippen molar-refractivity contribution in [3.63, 3.8) is 0 Å². The number of aromatic nitrogens is 2. The number of ether oxygens (including phenoxy) is 3. The molecule has 44 heavy (non-hydrogen) atoms. The standard InChI is InChI=1S/C38H39N3O3/c1-2-3-19-41-33(37(30-10-6-4-7-11-30)39-38(41)31-12-8-5-9-13-31)27-40(25-28-14-16-34-32(23-28)18-20-42-34)26-29-15-17-35-36(24-29)44-22-21-43-35/h4-17,23-24H,2-3,18-22,25-27H2,1H3. The summed E-state index contributed by atoms with van der Waals surface area (Å²) < 4.78 is 20.1. The summed E-state index contributed by atoms with van der Waals surface area (Å²) in [6.45, 7) is 7.42. The van der Waals surface area contributed by atoms with Gasteiger partial charge in [-0.3, -0.25) is 4.90 Å². The maximum absolute atomic E-state index is 5.95. The van der Waals surface area contributed by atoms with Gasteiger partial charge in [0.1, 0.15) is 24.8 Å². The second-order valence-corrected chi connectivity index (χ2v) is 11.6. The van der Waals surface area contributed by atoms with Crippen LogP contribution < -0.4 is 14.2 Å². The summed E-state index contributed by atoms with van der Waals surface area (Å²) in [6, 6.07) is 34.2. The topological polar surface area (TPSA) is 48.8 Å². The first kappa shape index (κ1) is 28.2. The zero-order valence-corrected chi connectivity index (χ0v) is 25.4. The van der Waals surface area contributed by atoms with Crippen LogP contribution in [0.5, 0.6) is 17.2 Å². The van der Waals surface area contributed by atoms with Gasteiger partial charge in [0, 0.05) is 43.7 Å². The Morgan fingerprint density at radius 1 is 0.682 bits per heavy atom. The Morgan fingerprint density at radius 2 is 1.34 bits per heavy atom. The van der Waals surface area contributed by atoms with Gasteiger partial charge in [-0.05, 0) is 41.3 Å². The summed E-state index contributed by atoms with van der Waals surface area (Å²) in [7, 11) is 0. The van der Waals surface area contributed by atoms with Crippen LogP contribution in [-0.2, 0) is 32.6 Å². The fourth-order valence-electron chi connectivity index (χ4n) is 6.26. The molecule has 2 aliphatic rings. The van der Waals surface area contributed by atoms with Gasteiger partial charge in [0.2, 0.25) is 0 Å². The Balaban J connectivity index is 1.31. The third-order valence-corrected chi connectivity index (χ3v) is 8.43. The molecule has 0 radical (unpaired) electrons. The van der Waals surface area contributed by atoms with Crippen LogP contribution in [0.2, 0.25) is 0 Å². The van der Waals surface area contributed by atoms with E-state index in [9.17, 15) is 0 Å². The molecule has 0 bridgehead atoms. The first-order valence-corrected chi connectivity index (χ1v) is 15.8. The molecule has 3 heterocycles. The van der Waals surface area contributed by atoms with Crippen molar-refractivity contribution in [1.29, 1.82) is 0 Å². The number of imidazole rings is 1. The van der Waals surface area contributed by atoms with Crippen molar-refractivity contribution >= 4 is 0 Å². The van der Waals surface area contributed by atoms with E-state index >= 15 is 0 Å². The summed E-state index contributed by atoms with van der Waals surface area (Å²) in [5.41, 5.74) is 8.36. The molecule has 0 unspecified atom stereocenters. The van der Waals surface area contributed by atoms with E-state index in [0.717, 1.165) is 91.9 Å². The fourth-order valence-corrected chi connectivity index (χ4v) is 6.26. The molecule has 0 saturated carbocycles. The fraction of sp³-hybridized carbons (Fsp3) is 0.289. The summed E-state index contributed by atoms with van der Waals surface area (Å²) in [5, 5.41) is 0. The zero-order chi connectivity index (χ0) is 29.7. The van der Waals surface area contributed by atoms with Gasteiger partial charge in [-0.25, -0.2) is 4.98 Å². The molecule has 0 fully saturated rings. The molecule has 2 aliphatic heterocycles. The van der Waals surface area contributed by atoms with E-state index in [1.54, 1.807) is 0 Å². The normalized spacial score (nSPS) is 13.6. The lowest BCUT2D eigenvalue weighted by Gasteiger charge is -2.26. The molecule has 5 aromatic rings. The third-order valence-electron chi connectivity index (χ3n) is 8.43. The van der Waals surface area contributed by atoms with Gasteiger partial charge < -0.3 is 18.8 Å². The van der Waals surface area contributed by atoms with E-state index in [-0.39, 0.29) is 0 Å². The minimum atomic E-state index is 0.580. The predicted octanol–water partition coefficient (Wildman–Crippen LogP) is 7.93. The minimum absolute atomic E-state index is 0.580. The van der Waals surface area contributed by atoms with Crippen molar-refractivity contribution in [2.24, 2.45) is 0 Å². The molecule has 6 heteroatoms. The molecule has 0 aliphatic carbocycles. The smallest absolute Gasteiger partial charge is 0.161 e. The van der Waals surface area contributed by atoms with Crippen molar-refractivity contribution < 1.29 is 14.2 Å². The molecule has 6 nitrogen and oxygen atoms in total. The number of fused-ring (bicyclic) bond motifs is 2. The van der Waals surface area contributed by atoms with Crippen LogP contribution in [-0.4, -0.2) is 34.3 Å². The largest absolute Gasteiger partial charge is 0.493 e. The van der Waals surface area contributed by atoms with Crippen LogP contribution in [0.3, 0.4) is 0 Å².